The summed E-state index contributed by atoms with van der Waals surface area (Å²) in [5.74, 6) is -3.38. The number of halogens is 3. The van der Waals surface area contributed by atoms with Gasteiger partial charge in [-0.25, -0.2) is 54.9 Å². The van der Waals surface area contributed by atoms with E-state index < -0.39 is 132 Å². The summed E-state index contributed by atoms with van der Waals surface area (Å²) in [5.41, 5.74) is 5.58. The monoisotopic (exact) mass is 2100 g/mol. The molecule has 1 saturated heterocycles. The van der Waals surface area contributed by atoms with Gasteiger partial charge in [-0.2, -0.15) is 49.0 Å². The van der Waals surface area contributed by atoms with Crippen molar-refractivity contribution in [3.63, 3.8) is 0 Å². The number of rotatable bonds is 35. The van der Waals surface area contributed by atoms with Crippen molar-refractivity contribution in [1.82, 2.24) is 68.8 Å². The van der Waals surface area contributed by atoms with E-state index in [1.54, 1.807) is 75.4 Å². The van der Waals surface area contributed by atoms with Crippen molar-refractivity contribution >= 4 is 115 Å². The molecule has 0 bridgehead atoms. The summed E-state index contributed by atoms with van der Waals surface area (Å²) in [6.45, 7) is 5.86. The zero-order valence-electron chi connectivity index (χ0n) is 71.5. The molecule has 10 aromatic rings. The lowest BCUT2D eigenvalue weighted by Gasteiger charge is -2.22. The van der Waals surface area contributed by atoms with Crippen LogP contribution in [0.5, 0.6) is 0 Å². The number of nitrogens with two attached hydrogens (primary N) is 4. The van der Waals surface area contributed by atoms with Gasteiger partial charge in [0, 0.05) is 131 Å². The molecule has 0 amide bonds. The van der Waals surface area contributed by atoms with Crippen LogP contribution >= 0.6 is 38.5 Å². The van der Waals surface area contributed by atoms with Gasteiger partial charge < -0.3 is 50.6 Å². The summed E-state index contributed by atoms with van der Waals surface area (Å²) >= 11 is 5.69. The number of hydrogen-bond acceptors (Lipinski definition) is 35. The van der Waals surface area contributed by atoms with Gasteiger partial charge >= 0.3 is 41.2 Å². The lowest BCUT2D eigenvalue weighted by Crippen LogP contribution is -2.36. The molecule has 0 spiro atoms. The molecule has 9 heterocycles. The van der Waals surface area contributed by atoms with E-state index in [9.17, 15) is 87.9 Å². The van der Waals surface area contributed by atoms with E-state index in [-0.39, 0.29) is 120 Å². The van der Waals surface area contributed by atoms with E-state index in [1.807, 2.05) is 73.1 Å². The molecule has 5 aliphatic rings. The average molecular weight is 2100 g/mol. The summed E-state index contributed by atoms with van der Waals surface area (Å²) in [4.78, 5) is 80.9. The zero-order chi connectivity index (χ0) is 95.8. The normalized spacial score (nSPS) is 23.3. The molecule has 4 aliphatic carbocycles. The molecule has 4 saturated carbocycles. The van der Waals surface area contributed by atoms with E-state index >= 15 is 0 Å². The molecule has 0 unspecified atom stereocenters. The fraction of sp³-hybridized carbons (Fsp3) is 0.446. The lowest BCUT2D eigenvalue weighted by molar-refractivity contribution is -0.00334. The maximum Gasteiger partial charge on any atom is 0.333 e. The van der Waals surface area contributed by atoms with Crippen molar-refractivity contribution in [2.45, 2.75) is 152 Å². The van der Waals surface area contributed by atoms with Crippen molar-refractivity contribution in [3.8, 4) is 0 Å². The second-order valence-corrected chi connectivity index (χ2v) is 40.2. The summed E-state index contributed by atoms with van der Waals surface area (Å²) in [5, 5.41) is 100. The van der Waals surface area contributed by atoms with E-state index in [4.69, 9.17) is 25.3 Å². The van der Waals surface area contributed by atoms with Gasteiger partial charge in [0.05, 0.1) is 105 Å². The number of benzene rings is 2. The van der Waals surface area contributed by atoms with E-state index in [2.05, 4.69) is 116 Å². The van der Waals surface area contributed by atoms with Crippen molar-refractivity contribution in [3.05, 3.63) is 235 Å². The summed E-state index contributed by atoms with van der Waals surface area (Å²) in [7, 11) is -16.6. The number of carbonyl (C=O) groups is 4. The lowest BCUT2D eigenvalue weighted by atomic mass is 9.93. The Morgan fingerprint density at radius 3 is 1.61 bits per heavy atom. The molecule has 716 valence electrons. The summed E-state index contributed by atoms with van der Waals surface area (Å²) in [6, 6.07) is 22.8. The van der Waals surface area contributed by atoms with Gasteiger partial charge in [-0.3, -0.25) is 54.9 Å². The highest BCUT2D eigenvalue weighted by Crippen LogP contribution is 2.39. The predicted octanol–water partition coefficient (Wildman–Crippen LogP) is 3.03. The van der Waals surface area contributed by atoms with Crippen LogP contribution in [0.1, 0.15) is 151 Å². The smallest absolute Gasteiger partial charge is 0.333 e. The third-order valence-electron chi connectivity index (χ3n) is 23.1. The molecule has 5 fully saturated rings. The van der Waals surface area contributed by atoms with Gasteiger partial charge in [-0.05, 0) is 183 Å². The molecule has 133 heavy (non-hydrogen) atoms. The Morgan fingerprint density at radius 1 is 0.526 bits per heavy atom. The number of carbonyl (C=O) groups excluding carboxylic acids is 4. The maximum atomic E-state index is 14.7. The van der Waals surface area contributed by atoms with Crippen molar-refractivity contribution < 1.29 is 109 Å². The topological polar surface area (TPSA) is 649 Å². The third-order valence-corrected chi connectivity index (χ3v) is 26.2. The van der Waals surface area contributed by atoms with Gasteiger partial charge in [0.15, 0.2) is 5.78 Å². The Hall–Kier alpha value is -9.64. The first-order valence-electron chi connectivity index (χ1n) is 41.8. The molecule has 43 nitrogen and oxygen atoms in total. The number of aliphatic hydroxyl groups is 6. The van der Waals surface area contributed by atoms with Crippen LogP contribution in [-0.2, 0) is 95.2 Å². The number of ketones is 4. The van der Waals surface area contributed by atoms with Crippen LogP contribution in [0, 0.1) is 45.0 Å². The van der Waals surface area contributed by atoms with Crippen LogP contribution < -0.4 is 31.2 Å². The van der Waals surface area contributed by atoms with Crippen molar-refractivity contribution in [1.29, 1.82) is 0 Å². The first-order valence-corrected chi connectivity index (χ1v) is 49.6. The molecule has 1 aliphatic heterocycles. The van der Waals surface area contributed by atoms with E-state index in [1.165, 1.54) is 43.8 Å². The summed E-state index contributed by atoms with van der Waals surface area (Å²) in [6.07, 6.45) is 15.4. The minimum absolute atomic E-state index is 0.0525. The van der Waals surface area contributed by atoms with Gasteiger partial charge in [0.25, 0.3) is 0 Å². The molecule has 15 rings (SSSR count). The number of ether oxygens (including phenoxy) is 1. The quantitative estimate of drug-likeness (QED) is 0.0201. The fourth-order valence-electron chi connectivity index (χ4n) is 16.4. The van der Waals surface area contributed by atoms with Crippen LogP contribution in [0.25, 0.3) is 0 Å². The molecular formula is C83H101BrFIN20O23S4. The largest absolute Gasteiger partial charge is 0.393 e. The first kappa shape index (κ1) is 102. The van der Waals surface area contributed by atoms with Gasteiger partial charge in [0.1, 0.15) is 60.0 Å². The highest BCUT2D eigenvalue weighted by atomic mass is 127. The predicted molar refractivity (Wildman–Crippen MR) is 484 cm³/mol. The maximum absolute atomic E-state index is 14.7. The molecule has 2 aromatic carbocycles. The second kappa shape index (κ2) is 45.8. The number of hydrogen-bond donors (Lipinski definition) is 12. The summed E-state index contributed by atoms with van der Waals surface area (Å²) < 4.78 is 136. The second-order valence-electron chi connectivity index (χ2n) is 33.1. The van der Waals surface area contributed by atoms with Crippen LogP contribution in [0.4, 0.5) is 16.0 Å². The highest BCUT2D eigenvalue weighted by molar-refractivity contribution is 14.1. The standard InChI is InChI=1S/C23H25BrN4O5S.C22H24IN5O6S.C21H28FN5O6S.C17H24N6O6S/c24-19-3-1-2-15(10-19)13-28-7-5-21(27-28)23(30)20-12-26-6-4-17(20)8-16-9-18(22(29)11-16)14-33-34(25,31)32;23-16-3-1-2-13(6-16)10-28-5-4-18(27-28)22(31)17-9-25-12-26-19(17)8-14-7-15(21(30)20(14)29)11-34-35(24,32)33;22-18-17(7-15(20(18)29)11-33-34(23,30)31)26-21-16(8-24-12-25-21)19(28)14-1-4-27(10-14)9-13-2-5-32-6-3-13;1-9(2)23-4-3-12(22-23)15(25)11-6-19-8-20-17(11)21-13-5-10(14(24)16(13)26)7-29-30(18,27)28/h1-7,10,12,16,18,22,29H,8-9,11,13-14H2,(H2,25,31,32);1-6,9,12,14-15,20-21,29-30H,7-8,10-11H2,(H2,24,32,33);1,4,8,10,12-13,15,17-18,20,29H,2-3,5-7,9,11H2,(H2,23,30,31)(H,24,25,26);3-4,6,8-10,13-14,16,24,26H,5,7H2,1-2H3,(H2,18,27,28)(H,19,20,21)/t16-,18-,22+;14-,15+,20-,21+;15-,17-,18-,20-;10-,13-,14-,16+/m1011/s1. The van der Waals surface area contributed by atoms with Crippen LogP contribution in [0.15, 0.2) is 164 Å². The molecule has 8 aromatic heterocycles. The van der Waals surface area contributed by atoms with Gasteiger partial charge in [-0.1, -0.05) is 40.2 Å². The Bertz CT molecular complexity index is 6180. The fourth-order valence-corrected chi connectivity index (χ4v) is 18.9. The Labute approximate surface area is 786 Å². The number of anilines is 2. The SMILES string of the molecule is CC(C)n1ccc(C(=O)c2cncnc2N[C@@H]2C[C@H](COS(N)(=O)=O)[C@@H](O)[C@H]2O)n1.NS(=O)(=O)OC[C@H]1C[C@@H](Cc2ccncc2C(=O)c2ccn(Cc3cccc(Br)c3)n2)C[C@@H]1O.NS(=O)(=O)OC[C@H]1C[C@@H](Cc2ncncc2C(=O)c2ccn(Cc3cccc(I)c3)n2)[C@H](O)[C@@H]1O.NS(=O)(=O)OC[C@H]1C[C@@H](Nc2ncncc2C(=O)c2ccn(CC3CCOCC3)c2)[C@@H](F)[C@@H]1O. The number of aliphatic hydroxyl groups excluding tert-OH is 6. The Kier molecular flexibility index (Phi) is 35.2. The number of alkyl halides is 1. The molecule has 50 heteroatoms. The van der Waals surface area contributed by atoms with Gasteiger partial charge in [-0.15, -0.1) is 0 Å². The number of nitrogens with one attached hydrogen (secondary N) is 2. The van der Waals surface area contributed by atoms with E-state index in [0.29, 0.717) is 60.8 Å². The van der Waals surface area contributed by atoms with E-state index in [0.717, 1.165) is 57.3 Å². The van der Waals surface area contributed by atoms with Crippen LogP contribution in [0.2, 0.25) is 0 Å². The van der Waals surface area contributed by atoms with Crippen molar-refractivity contribution in [2.75, 3.05) is 50.3 Å². The zero-order valence-corrected chi connectivity index (χ0v) is 78.5. The Balaban J connectivity index is 0.000000160. The van der Waals surface area contributed by atoms with Gasteiger partial charge in [0.2, 0.25) is 17.3 Å². The first-order chi connectivity index (χ1) is 63.1. The number of aromatic nitrogens is 14. The third kappa shape index (κ3) is 29.2. The highest BCUT2D eigenvalue weighted by Gasteiger charge is 2.47. The number of nitrogens with zero attached hydrogens (tertiary/aromatic N) is 14. The number of pyridine rings is 1. The minimum Gasteiger partial charge on any atom is -0.393 e. The molecule has 0 radical (unpaired) electrons. The van der Waals surface area contributed by atoms with Crippen LogP contribution in [-0.4, -0.2) is 251 Å². The Morgan fingerprint density at radius 2 is 1.02 bits per heavy atom. The molecule has 15 atom stereocenters. The van der Waals surface area contributed by atoms with Crippen LogP contribution in [0.3, 0.4) is 0 Å². The molecule has 16 N–H and O–H groups in total. The molecular weight excluding hydrogens is 2000 g/mol. The van der Waals surface area contributed by atoms with Crippen molar-refractivity contribution in [2.24, 2.45) is 62.0 Å². The minimum atomic E-state index is -4.21. The average Bonchev–Trinajstić information content (AvgIpc) is 1.70.